The zero-order chi connectivity index (χ0) is 15.0. The van der Waals surface area contributed by atoms with E-state index in [2.05, 4.69) is 5.32 Å². The minimum atomic E-state index is -0.902. The number of thioether (sulfide) groups is 1. The van der Waals surface area contributed by atoms with E-state index in [9.17, 15) is 14.7 Å². The topological polar surface area (TPSA) is 66.4 Å². The smallest absolute Gasteiger partial charge is 0.326 e. The van der Waals surface area contributed by atoms with Crippen molar-refractivity contribution in [1.29, 1.82) is 0 Å². The lowest BCUT2D eigenvalue weighted by molar-refractivity contribution is -0.146. The Morgan fingerprint density at radius 3 is 2.19 bits per heavy atom. The molecule has 4 fully saturated rings. The number of hydrogen-bond acceptors (Lipinski definition) is 3. The van der Waals surface area contributed by atoms with E-state index >= 15 is 0 Å². The predicted molar refractivity (Wildman–Crippen MR) is 83.1 cm³/mol. The van der Waals surface area contributed by atoms with Gasteiger partial charge in [-0.15, -0.1) is 0 Å². The van der Waals surface area contributed by atoms with Crippen molar-refractivity contribution >= 4 is 23.6 Å². The van der Waals surface area contributed by atoms with Crippen molar-refractivity contribution in [1.82, 2.24) is 5.32 Å². The molecule has 0 aromatic rings. The summed E-state index contributed by atoms with van der Waals surface area (Å²) < 4.78 is 0. The molecule has 0 radical (unpaired) electrons. The fourth-order valence-corrected chi connectivity index (χ4v) is 5.59. The second-order valence-corrected chi connectivity index (χ2v) is 8.12. The first-order chi connectivity index (χ1) is 10.1. The average Bonchev–Trinajstić information content (AvgIpc) is 2.41. The van der Waals surface area contributed by atoms with Gasteiger partial charge in [0.15, 0.2) is 0 Å². The molecule has 0 aliphatic heterocycles. The van der Waals surface area contributed by atoms with E-state index < -0.39 is 12.0 Å². The summed E-state index contributed by atoms with van der Waals surface area (Å²) in [6, 6.07) is -0.720. The molecule has 0 aromatic heterocycles. The van der Waals surface area contributed by atoms with E-state index in [-0.39, 0.29) is 11.8 Å². The lowest BCUT2D eigenvalue weighted by atomic mass is 9.51. The maximum absolute atomic E-state index is 12.6. The van der Waals surface area contributed by atoms with Crippen molar-refractivity contribution in [3.63, 3.8) is 0 Å². The van der Waals surface area contributed by atoms with Crippen molar-refractivity contribution in [3.8, 4) is 0 Å². The molecule has 1 atom stereocenters. The first-order valence-corrected chi connectivity index (χ1v) is 9.50. The monoisotopic (exact) mass is 311 g/mol. The minimum Gasteiger partial charge on any atom is -0.480 e. The average molecular weight is 311 g/mol. The predicted octanol–water partition coefficient (Wildman–Crippen LogP) is 2.38. The minimum absolute atomic E-state index is 0.0114. The molecule has 118 valence electrons. The largest absolute Gasteiger partial charge is 0.480 e. The Balaban J connectivity index is 1.63. The molecule has 21 heavy (non-hydrogen) atoms. The summed E-state index contributed by atoms with van der Waals surface area (Å²) in [7, 11) is 0. The van der Waals surface area contributed by atoms with Crippen LogP contribution in [0.3, 0.4) is 0 Å². The SMILES string of the molecule is CSCC[C@@H](NC(=O)C1C2CC3CC(C2)CC1C3)C(=O)O. The molecule has 1 amide bonds. The molecule has 4 rings (SSSR count). The van der Waals surface area contributed by atoms with Crippen molar-refractivity contribution in [2.75, 3.05) is 12.0 Å². The number of nitrogens with one attached hydrogen (secondary N) is 1. The molecule has 4 aliphatic carbocycles. The molecular formula is C16H25NO3S. The summed E-state index contributed by atoms with van der Waals surface area (Å²) in [4.78, 5) is 23.9. The summed E-state index contributed by atoms with van der Waals surface area (Å²) in [6.07, 6.45) is 8.59. The molecule has 0 aromatic carbocycles. The number of aliphatic carboxylic acids is 1. The Kier molecular flexibility index (Phi) is 4.48. The number of carbonyl (C=O) groups is 2. The van der Waals surface area contributed by atoms with Gasteiger partial charge in [0, 0.05) is 5.92 Å². The molecule has 0 spiro atoms. The van der Waals surface area contributed by atoms with Crippen LogP contribution in [0.5, 0.6) is 0 Å². The number of carboxylic acids is 1. The lowest BCUT2D eigenvalue weighted by Crippen LogP contribution is -2.53. The fraction of sp³-hybridized carbons (Fsp3) is 0.875. The van der Waals surface area contributed by atoms with E-state index in [1.165, 1.54) is 32.1 Å². The third-order valence-corrected chi connectivity index (χ3v) is 6.40. The Hall–Kier alpha value is -0.710. The quantitative estimate of drug-likeness (QED) is 0.790. The standard InChI is InChI=1S/C16H25NO3S/c1-21-3-2-13(16(19)20)17-15(18)14-11-5-9-4-10(7-11)8-12(14)6-9/h9-14H,2-8H2,1H3,(H,17,18)(H,19,20)/t9?,10?,11?,12?,13-,14?/m1/s1. The maximum atomic E-state index is 12.6. The highest BCUT2D eigenvalue weighted by molar-refractivity contribution is 7.98. The van der Waals surface area contributed by atoms with E-state index in [1.807, 2.05) is 6.26 Å². The molecule has 4 aliphatic rings. The number of hydrogen-bond donors (Lipinski definition) is 2. The summed E-state index contributed by atoms with van der Waals surface area (Å²) in [6.45, 7) is 0. The van der Waals surface area contributed by atoms with Gasteiger partial charge in [-0.05, 0) is 74.2 Å². The molecule has 0 heterocycles. The van der Waals surface area contributed by atoms with Crippen LogP contribution in [0.2, 0.25) is 0 Å². The zero-order valence-corrected chi connectivity index (χ0v) is 13.4. The van der Waals surface area contributed by atoms with Gasteiger partial charge in [-0.25, -0.2) is 4.79 Å². The Morgan fingerprint density at radius 1 is 1.14 bits per heavy atom. The molecule has 4 bridgehead atoms. The van der Waals surface area contributed by atoms with Crippen molar-refractivity contribution in [2.45, 2.75) is 44.6 Å². The second-order valence-electron chi connectivity index (χ2n) is 7.14. The molecular weight excluding hydrogens is 286 g/mol. The van der Waals surface area contributed by atoms with Crippen LogP contribution in [-0.2, 0) is 9.59 Å². The number of amides is 1. The van der Waals surface area contributed by atoms with Crippen LogP contribution in [0.1, 0.15) is 38.5 Å². The van der Waals surface area contributed by atoms with Crippen LogP contribution in [0, 0.1) is 29.6 Å². The van der Waals surface area contributed by atoms with Gasteiger partial charge in [0.1, 0.15) is 6.04 Å². The zero-order valence-electron chi connectivity index (χ0n) is 12.6. The first-order valence-electron chi connectivity index (χ1n) is 8.10. The number of carbonyl (C=O) groups excluding carboxylic acids is 1. The van der Waals surface area contributed by atoms with Gasteiger partial charge in [0.2, 0.25) is 5.91 Å². The van der Waals surface area contributed by atoms with Crippen molar-refractivity contribution in [3.05, 3.63) is 0 Å². The number of rotatable bonds is 6. The van der Waals surface area contributed by atoms with Gasteiger partial charge in [-0.2, -0.15) is 11.8 Å². The normalized spacial score (nSPS) is 38.2. The maximum Gasteiger partial charge on any atom is 0.326 e. The van der Waals surface area contributed by atoms with Crippen LogP contribution in [0.4, 0.5) is 0 Å². The van der Waals surface area contributed by atoms with E-state index in [1.54, 1.807) is 11.8 Å². The van der Waals surface area contributed by atoms with Gasteiger partial charge < -0.3 is 10.4 Å². The van der Waals surface area contributed by atoms with Crippen molar-refractivity contribution in [2.24, 2.45) is 29.6 Å². The van der Waals surface area contributed by atoms with Crippen LogP contribution >= 0.6 is 11.8 Å². The van der Waals surface area contributed by atoms with Crippen LogP contribution in [-0.4, -0.2) is 35.0 Å². The number of carboxylic acid groups (broad SMARTS) is 1. The van der Waals surface area contributed by atoms with Gasteiger partial charge in [0.05, 0.1) is 0 Å². The third kappa shape index (κ3) is 3.08. The van der Waals surface area contributed by atoms with Crippen LogP contribution in [0.25, 0.3) is 0 Å². The van der Waals surface area contributed by atoms with Crippen LogP contribution in [0.15, 0.2) is 0 Å². The molecule has 0 unspecified atom stereocenters. The third-order valence-electron chi connectivity index (χ3n) is 5.75. The van der Waals surface area contributed by atoms with Gasteiger partial charge in [0.25, 0.3) is 0 Å². The molecule has 4 nitrogen and oxygen atoms in total. The molecule has 0 saturated heterocycles. The molecule has 5 heteroatoms. The fourth-order valence-electron chi connectivity index (χ4n) is 5.11. The summed E-state index contributed by atoms with van der Waals surface area (Å²) in [5.74, 6) is 2.64. The second kappa shape index (κ2) is 6.19. The Bertz CT molecular complexity index is 398. The summed E-state index contributed by atoms with van der Waals surface area (Å²) in [5.41, 5.74) is 0. The highest BCUT2D eigenvalue weighted by Crippen LogP contribution is 2.56. The van der Waals surface area contributed by atoms with Crippen LogP contribution < -0.4 is 5.32 Å². The van der Waals surface area contributed by atoms with Gasteiger partial charge >= 0.3 is 5.97 Å². The molecule has 4 saturated carbocycles. The highest BCUT2D eigenvalue weighted by atomic mass is 32.2. The Morgan fingerprint density at radius 2 is 1.71 bits per heavy atom. The lowest BCUT2D eigenvalue weighted by Gasteiger charge is -2.53. The van der Waals surface area contributed by atoms with E-state index in [0.717, 1.165) is 17.6 Å². The highest BCUT2D eigenvalue weighted by Gasteiger charge is 2.51. The van der Waals surface area contributed by atoms with Gasteiger partial charge in [-0.3, -0.25) is 4.79 Å². The Labute approximate surface area is 130 Å². The summed E-state index contributed by atoms with van der Waals surface area (Å²) >= 11 is 1.62. The van der Waals surface area contributed by atoms with E-state index in [4.69, 9.17) is 0 Å². The van der Waals surface area contributed by atoms with Crippen molar-refractivity contribution < 1.29 is 14.7 Å². The summed E-state index contributed by atoms with van der Waals surface area (Å²) in [5, 5.41) is 12.1. The molecule has 2 N–H and O–H groups in total. The first kappa shape index (κ1) is 15.2. The van der Waals surface area contributed by atoms with Gasteiger partial charge in [-0.1, -0.05) is 0 Å². The van der Waals surface area contributed by atoms with E-state index in [0.29, 0.717) is 18.3 Å².